The molecule has 0 aliphatic heterocycles. The lowest BCUT2D eigenvalue weighted by molar-refractivity contribution is 0.0529. The summed E-state index contributed by atoms with van der Waals surface area (Å²) < 4.78 is 0.739. The van der Waals surface area contributed by atoms with Gasteiger partial charge in [-0.05, 0) is 40.5 Å². The van der Waals surface area contributed by atoms with Crippen LogP contribution < -0.4 is 0 Å². The summed E-state index contributed by atoms with van der Waals surface area (Å²) in [5, 5.41) is 10.5. The van der Waals surface area contributed by atoms with Gasteiger partial charge in [0.15, 0.2) is 0 Å². The molecule has 0 radical (unpaired) electrons. The van der Waals surface area contributed by atoms with Crippen LogP contribution in [-0.4, -0.2) is 10.1 Å². The zero-order valence-electron chi connectivity index (χ0n) is 9.60. The van der Waals surface area contributed by atoms with Crippen molar-refractivity contribution in [3.63, 3.8) is 0 Å². The van der Waals surface area contributed by atoms with Crippen molar-refractivity contribution in [1.82, 2.24) is 4.98 Å². The second-order valence-electron chi connectivity index (χ2n) is 4.28. The van der Waals surface area contributed by atoms with Crippen molar-refractivity contribution in [1.29, 1.82) is 0 Å². The molecule has 0 aliphatic carbocycles. The monoisotopic (exact) mass is 291 g/mol. The Kier molecular flexibility index (Phi) is 3.60. The van der Waals surface area contributed by atoms with Crippen LogP contribution in [0.1, 0.15) is 18.2 Å². The van der Waals surface area contributed by atoms with Gasteiger partial charge in [-0.3, -0.25) is 0 Å². The molecule has 0 fully saturated rings. The smallest absolute Gasteiger partial charge is 0.108 e. The number of hydrogen-bond acceptors (Lipinski definition) is 2. The fourth-order valence-electron chi connectivity index (χ4n) is 1.79. The van der Waals surface area contributed by atoms with E-state index in [0.717, 1.165) is 10.2 Å². The summed E-state index contributed by atoms with van der Waals surface area (Å²) in [6, 6.07) is 15.5. The van der Waals surface area contributed by atoms with Crippen molar-refractivity contribution < 1.29 is 5.11 Å². The normalized spacial score (nSPS) is 14.3. The topological polar surface area (TPSA) is 33.1 Å². The molecule has 1 aromatic carbocycles. The van der Waals surface area contributed by atoms with E-state index in [4.69, 9.17) is 0 Å². The van der Waals surface area contributed by atoms with Gasteiger partial charge in [0.05, 0.1) is 5.69 Å². The van der Waals surface area contributed by atoms with Gasteiger partial charge in [-0.1, -0.05) is 36.4 Å². The molecule has 0 saturated carbocycles. The molecule has 3 heteroatoms. The van der Waals surface area contributed by atoms with Crippen molar-refractivity contribution in [2.24, 2.45) is 0 Å². The van der Waals surface area contributed by atoms with Crippen molar-refractivity contribution >= 4 is 15.9 Å². The highest BCUT2D eigenvalue weighted by Crippen LogP contribution is 2.24. The van der Waals surface area contributed by atoms with Gasteiger partial charge in [-0.2, -0.15) is 0 Å². The zero-order valence-corrected chi connectivity index (χ0v) is 11.2. The minimum Gasteiger partial charge on any atom is -0.383 e. The van der Waals surface area contributed by atoms with Crippen LogP contribution in [0.5, 0.6) is 0 Å². The second-order valence-corrected chi connectivity index (χ2v) is 5.09. The molecule has 0 saturated heterocycles. The van der Waals surface area contributed by atoms with E-state index < -0.39 is 5.60 Å². The van der Waals surface area contributed by atoms with Gasteiger partial charge >= 0.3 is 0 Å². The van der Waals surface area contributed by atoms with Gasteiger partial charge in [-0.15, -0.1) is 0 Å². The lowest BCUT2D eigenvalue weighted by atomic mass is 9.93. The highest BCUT2D eigenvalue weighted by Gasteiger charge is 2.25. The molecular weight excluding hydrogens is 278 g/mol. The SMILES string of the molecule is CC(O)(Cc1ccccc1)c1cccc(Br)n1. The van der Waals surface area contributed by atoms with Crippen LogP contribution in [0.3, 0.4) is 0 Å². The summed E-state index contributed by atoms with van der Waals surface area (Å²) in [5.74, 6) is 0. The molecule has 0 bridgehead atoms. The van der Waals surface area contributed by atoms with Crippen LogP contribution in [0.15, 0.2) is 53.1 Å². The minimum atomic E-state index is -0.953. The Morgan fingerprint density at radius 2 is 1.82 bits per heavy atom. The molecule has 17 heavy (non-hydrogen) atoms. The molecule has 2 nitrogen and oxygen atoms in total. The molecule has 88 valence electrons. The predicted octanol–water partition coefficient (Wildman–Crippen LogP) is 3.29. The number of benzene rings is 1. The molecule has 2 rings (SSSR count). The maximum Gasteiger partial charge on any atom is 0.108 e. The predicted molar refractivity (Wildman–Crippen MR) is 71.7 cm³/mol. The average Bonchev–Trinajstić information content (AvgIpc) is 2.30. The van der Waals surface area contributed by atoms with Crippen LogP contribution in [0.2, 0.25) is 0 Å². The Labute approximate surface area is 109 Å². The fraction of sp³-hybridized carbons (Fsp3) is 0.214. The minimum absolute atomic E-state index is 0.553. The quantitative estimate of drug-likeness (QED) is 0.881. The summed E-state index contributed by atoms with van der Waals surface area (Å²) in [4.78, 5) is 4.31. The van der Waals surface area contributed by atoms with E-state index in [1.54, 1.807) is 6.92 Å². The van der Waals surface area contributed by atoms with E-state index in [1.165, 1.54) is 0 Å². The van der Waals surface area contributed by atoms with Gasteiger partial charge in [-0.25, -0.2) is 4.98 Å². The Morgan fingerprint density at radius 1 is 1.12 bits per heavy atom. The summed E-state index contributed by atoms with van der Waals surface area (Å²) in [5.41, 5.74) is 0.820. The molecule has 1 N–H and O–H groups in total. The lowest BCUT2D eigenvalue weighted by Crippen LogP contribution is -2.25. The van der Waals surface area contributed by atoms with E-state index >= 15 is 0 Å². The van der Waals surface area contributed by atoms with E-state index in [9.17, 15) is 5.11 Å². The second kappa shape index (κ2) is 4.98. The molecule has 2 aromatic rings. The van der Waals surface area contributed by atoms with E-state index in [-0.39, 0.29) is 0 Å². The van der Waals surface area contributed by atoms with E-state index in [1.807, 2.05) is 48.5 Å². The molecule has 1 atom stereocenters. The lowest BCUT2D eigenvalue weighted by Gasteiger charge is -2.23. The van der Waals surface area contributed by atoms with Crippen LogP contribution in [-0.2, 0) is 12.0 Å². The Balaban J connectivity index is 2.25. The van der Waals surface area contributed by atoms with Crippen molar-refractivity contribution in [2.45, 2.75) is 18.9 Å². The van der Waals surface area contributed by atoms with E-state index in [2.05, 4.69) is 20.9 Å². The number of hydrogen-bond donors (Lipinski definition) is 1. The van der Waals surface area contributed by atoms with Gasteiger partial charge in [0.25, 0.3) is 0 Å². The number of nitrogens with zero attached hydrogens (tertiary/aromatic N) is 1. The first-order valence-electron chi connectivity index (χ1n) is 5.47. The largest absolute Gasteiger partial charge is 0.383 e. The molecule has 0 amide bonds. The number of aromatic nitrogens is 1. The van der Waals surface area contributed by atoms with Crippen LogP contribution in [0.25, 0.3) is 0 Å². The van der Waals surface area contributed by atoms with E-state index in [0.29, 0.717) is 12.1 Å². The highest BCUT2D eigenvalue weighted by atomic mass is 79.9. The highest BCUT2D eigenvalue weighted by molar-refractivity contribution is 9.10. The van der Waals surface area contributed by atoms with Crippen molar-refractivity contribution in [2.75, 3.05) is 0 Å². The van der Waals surface area contributed by atoms with Crippen molar-refractivity contribution in [3.8, 4) is 0 Å². The summed E-state index contributed by atoms with van der Waals surface area (Å²) in [6.07, 6.45) is 0.553. The van der Waals surface area contributed by atoms with Gasteiger partial charge < -0.3 is 5.11 Å². The fourth-order valence-corrected chi connectivity index (χ4v) is 2.14. The zero-order chi connectivity index (χ0) is 12.3. The first-order chi connectivity index (χ1) is 8.08. The summed E-state index contributed by atoms with van der Waals surface area (Å²) in [6.45, 7) is 1.79. The molecule has 1 unspecified atom stereocenters. The summed E-state index contributed by atoms with van der Waals surface area (Å²) >= 11 is 3.32. The third kappa shape index (κ3) is 3.14. The van der Waals surface area contributed by atoms with Gasteiger partial charge in [0.1, 0.15) is 10.2 Å². The van der Waals surface area contributed by atoms with Gasteiger partial charge in [0, 0.05) is 6.42 Å². The first kappa shape index (κ1) is 12.3. The standard InChI is InChI=1S/C14H14BrNO/c1-14(17,10-11-6-3-2-4-7-11)12-8-5-9-13(15)16-12/h2-9,17H,10H2,1H3. The van der Waals surface area contributed by atoms with Crippen LogP contribution in [0.4, 0.5) is 0 Å². The Bertz CT molecular complexity index is 497. The third-order valence-electron chi connectivity index (χ3n) is 2.66. The number of pyridine rings is 1. The first-order valence-corrected chi connectivity index (χ1v) is 6.26. The number of halogens is 1. The van der Waals surface area contributed by atoms with Crippen molar-refractivity contribution in [3.05, 3.63) is 64.4 Å². The molecule has 0 spiro atoms. The van der Waals surface area contributed by atoms with Crippen LogP contribution >= 0.6 is 15.9 Å². The Morgan fingerprint density at radius 3 is 2.47 bits per heavy atom. The maximum absolute atomic E-state index is 10.5. The number of rotatable bonds is 3. The molecular formula is C14H14BrNO. The third-order valence-corrected chi connectivity index (χ3v) is 3.10. The number of aliphatic hydroxyl groups is 1. The molecule has 1 heterocycles. The average molecular weight is 292 g/mol. The van der Waals surface area contributed by atoms with Gasteiger partial charge in [0.2, 0.25) is 0 Å². The molecule has 0 aliphatic rings. The Hall–Kier alpha value is -1.19. The summed E-state index contributed by atoms with van der Waals surface area (Å²) in [7, 11) is 0. The van der Waals surface area contributed by atoms with Crippen LogP contribution in [0, 0.1) is 0 Å². The molecule has 1 aromatic heterocycles. The maximum atomic E-state index is 10.5.